The predicted octanol–water partition coefficient (Wildman–Crippen LogP) is 4.70. The lowest BCUT2D eigenvalue weighted by atomic mass is 10.1. The Morgan fingerprint density at radius 2 is 1.61 bits per heavy atom. The number of rotatable bonds is 6. The molecule has 0 aliphatic carbocycles. The van der Waals surface area contributed by atoms with Crippen molar-refractivity contribution in [1.29, 1.82) is 0 Å². The number of carbonyl (C=O) groups is 2. The summed E-state index contributed by atoms with van der Waals surface area (Å²) < 4.78 is 0. The van der Waals surface area contributed by atoms with Gasteiger partial charge in [0, 0.05) is 32.7 Å². The molecule has 1 aromatic heterocycles. The monoisotopic (exact) mass is 474 g/mol. The van der Waals surface area contributed by atoms with Crippen LogP contribution in [-0.2, 0) is 17.0 Å². The van der Waals surface area contributed by atoms with Crippen LogP contribution in [0.15, 0.2) is 53.7 Å². The number of thioether (sulfide) groups is 1. The Morgan fingerprint density at radius 1 is 0.935 bits per heavy atom. The summed E-state index contributed by atoms with van der Waals surface area (Å²) in [5.74, 6) is -0.116. The van der Waals surface area contributed by atoms with Gasteiger partial charge in [-0.15, -0.1) is 0 Å². The van der Waals surface area contributed by atoms with Gasteiger partial charge >= 0.3 is 0 Å². The highest BCUT2D eigenvalue weighted by molar-refractivity contribution is 7.98. The molecule has 3 rings (SSSR count). The molecule has 2 N–H and O–H groups in total. The summed E-state index contributed by atoms with van der Waals surface area (Å²) in [5.41, 5.74) is 8.75. The number of aromatic nitrogens is 2. The van der Waals surface area contributed by atoms with Crippen LogP contribution in [0.1, 0.15) is 32.9 Å². The molecule has 0 saturated heterocycles. The van der Waals surface area contributed by atoms with Gasteiger partial charge in [-0.25, -0.2) is 9.97 Å². The van der Waals surface area contributed by atoms with Crippen LogP contribution in [0, 0.1) is 13.8 Å². The maximum atomic E-state index is 12.3. The first-order valence-corrected chi connectivity index (χ1v) is 11.1. The third-order valence-corrected chi connectivity index (χ3v) is 5.73. The minimum Gasteiger partial charge on any atom is -0.273 e. The van der Waals surface area contributed by atoms with Crippen molar-refractivity contribution >= 4 is 46.8 Å². The third-order valence-electron chi connectivity index (χ3n) is 4.23. The van der Waals surface area contributed by atoms with E-state index in [2.05, 4.69) is 20.8 Å². The molecule has 0 saturated carbocycles. The minimum absolute atomic E-state index is 0.0208. The summed E-state index contributed by atoms with van der Waals surface area (Å²) in [6.07, 6.45) is 0.0208. The molecule has 0 radical (unpaired) electrons. The lowest BCUT2D eigenvalue weighted by Crippen LogP contribution is -2.42. The number of amides is 2. The minimum atomic E-state index is -0.410. The first-order valence-electron chi connectivity index (χ1n) is 9.37. The van der Waals surface area contributed by atoms with Crippen molar-refractivity contribution in [2.45, 2.75) is 31.2 Å². The van der Waals surface area contributed by atoms with Gasteiger partial charge in [0.05, 0.1) is 6.42 Å². The van der Waals surface area contributed by atoms with Gasteiger partial charge in [-0.2, -0.15) is 0 Å². The molecule has 1 heterocycles. The van der Waals surface area contributed by atoms with Gasteiger partial charge in [0.2, 0.25) is 5.91 Å². The van der Waals surface area contributed by atoms with Crippen LogP contribution in [0.3, 0.4) is 0 Å². The molecule has 3 aromatic rings. The molecule has 9 heteroatoms. The van der Waals surface area contributed by atoms with Crippen LogP contribution in [0.4, 0.5) is 0 Å². The lowest BCUT2D eigenvalue weighted by molar-refractivity contribution is -0.121. The summed E-state index contributed by atoms with van der Waals surface area (Å²) in [6, 6.07) is 14.0. The van der Waals surface area contributed by atoms with E-state index >= 15 is 0 Å². The molecule has 0 spiro atoms. The lowest BCUT2D eigenvalue weighted by Gasteiger charge is -2.09. The van der Waals surface area contributed by atoms with Crippen LogP contribution in [0.5, 0.6) is 0 Å². The van der Waals surface area contributed by atoms with Gasteiger partial charge < -0.3 is 0 Å². The summed E-state index contributed by atoms with van der Waals surface area (Å²) >= 11 is 13.4. The fraction of sp³-hybridized carbons (Fsp3) is 0.182. The maximum Gasteiger partial charge on any atom is 0.269 e. The standard InChI is InChI=1S/C22H20Cl2N4O2S/c1-13-9-14(2)26-22(25-13)31-12-15-3-5-16(6-4-15)21(30)28-27-20(29)10-17-7-8-18(23)11-19(17)24/h3-9,11H,10,12H2,1-2H3,(H,27,29)(H,28,30). The van der Waals surface area contributed by atoms with E-state index in [0.29, 0.717) is 26.9 Å². The van der Waals surface area contributed by atoms with Crippen molar-refractivity contribution in [2.75, 3.05) is 0 Å². The van der Waals surface area contributed by atoms with Gasteiger partial charge in [0.15, 0.2) is 5.16 Å². The number of nitrogens with zero attached hydrogens (tertiary/aromatic N) is 2. The van der Waals surface area contributed by atoms with Gasteiger partial charge in [-0.05, 0) is 55.3 Å². The Bertz CT molecular complexity index is 1090. The Hall–Kier alpha value is -2.61. The molecular formula is C22H20Cl2N4O2S. The molecule has 2 aromatic carbocycles. The summed E-state index contributed by atoms with van der Waals surface area (Å²) in [5, 5.41) is 1.61. The van der Waals surface area contributed by atoms with Gasteiger partial charge in [0.1, 0.15) is 0 Å². The number of hydrogen-bond donors (Lipinski definition) is 2. The number of halogens is 2. The first kappa shape index (κ1) is 23.1. The van der Waals surface area contributed by atoms with Crippen LogP contribution in [-0.4, -0.2) is 21.8 Å². The third kappa shape index (κ3) is 6.95. The molecule has 0 unspecified atom stereocenters. The normalized spacial score (nSPS) is 10.6. The van der Waals surface area contributed by atoms with Gasteiger partial charge in [-0.1, -0.05) is 53.2 Å². The quantitative estimate of drug-likeness (QED) is 0.307. The second kappa shape index (κ2) is 10.6. The summed E-state index contributed by atoms with van der Waals surface area (Å²) in [7, 11) is 0. The predicted molar refractivity (Wildman–Crippen MR) is 123 cm³/mol. The van der Waals surface area contributed by atoms with Gasteiger partial charge in [0.25, 0.3) is 5.91 Å². The zero-order valence-electron chi connectivity index (χ0n) is 16.9. The van der Waals surface area contributed by atoms with Crippen molar-refractivity contribution in [3.63, 3.8) is 0 Å². The van der Waals surface area contributed by atoms with E-state index in [1.807, 2.05) is 32.0 Å². The maximum absolute atomic E-state index is 12.3. The van der Waals surface area contributed by atoms with E-state index < -0.39 is 5.91 Å². The van der Waals surface area contributed by atoms with Crippen molar-refractivity contribution in [2.24, 2.45) is 0 Å². The Kier molecular flexibility index (Phi) is 7.90. The largest absolute Gasteiger partial charge is 0.273 e. The first-order chi connectivity index (χ1) is 14.8. The number of nitrogens with one attached hydrogen (secondary N) is 2. The van der Waals surface area contributed by atoms with Crippen LogP contribution >= 0.6 is 35.0 Å². The number of carbonyl (C=O) groups excluding carboxylic acids is 2. The zero-order chi connectivity index (χ0) is 22.4. The average molecular weight is 475 g/mol. The Balaban J connectivity index is 1.49. The number of hydrazine groups is 1. The van der Waals surface area contributed by atoms with Crippen LogP contribution in [0.2, 0.25) is 10.0 Å². The van der Waals surface area contributed by atoms with E-state index in [1.54, 1.807) is 30.3 Å². The fourth-order valence-electron chi connectivity index (χ4n) is 2.74. The average Bonchev–Trinajstić information content (AvgIpc) is 2.72. The van der Waals surface area contributed by atoms with Crippen LogP contribution < -0.4 is 10.9 Å². The van der Waals surface area contributed by atoms with Gasteiger partial charge in [-0.3, -0.25) is 20.4 Å². The molecule has 0 bridgehead atoms. The van der Waals surface area contributed by atoms with Crippen molar-refractivity contribution in [1.82, 2.24) is 20.8 Å². The zero-order valence-corrected chi connectivity index (χ0v) is 19.2. The molecular weight excluding hydrogens is 455 g/mol. The van der Waals surface area contributed by atoms with E-state index in [9.17, 15) is 9.59 Å². The highest BCUT2D eigenvalue weighted by Crippen LogP contribution is 2.22. The SMILES string of the molecule is Cc1cc(C)nc(SCc2ccc(C(=O)NNC(=O)Cc3ccc(Cl)cc3Cl)cc2)n1. The van der Waals surface area contributed by atoms with E-state index in [1.165, 1.54) is 11.8 Å². The molecule has 0 aliphatic heterocycles. The fourth-order valence-corrected chi connectivity index (χ4v) is 4.12. The number of benzene rings is 2. The molecule has 0 aliphatic rings. The molecule has 0 atom stereocenters. The topological polar surface area (TPSA) is 84.0 Å². The molecule has 0 fully saturated rings. The molecule has 6 nitrogen and oxygen atoms in total. The van der Waals surface area contributed by atoms with E-state index in [-0.39, 0.29) is 12.3 Å². The summed E-state index contributed by atoms with van der Waals surface area (Å²) in [6.45, 7) is 3.88. The highest BCUT2D eigenvalue weighted by atomic mass is 35.5. The smallest absolute Gasteiger partial charge is 0.269 e. The van der Waals surface area contributed by atoms with E-state index in [0.717, 1.165) is 22.1 Å². The number of aryl methyl sites for hydroxylation is 2. The second-order valence-electron chi connectivity index (χ2n) is 6.83. The Labute approximate surface area is 194 Å². The summed E-state index contributed by atoms with van der Waals surface area (Å²) in [4.78, 5) is 33.2. The molecule has 160 valence electrons. The number of hydrogen-bond acceptors (Lipinski definition) is 5. The van der Waals surface area contributed by atoms with Crippen LogP contribution in [0.25, 0.3) is 0 Å². The van der Waals surface area contributed by atoms with Crippen molar-refractivity contribution < 1.29 is 9.59 Å². The van der Waals surface area contributed by atoms with Crippen molar-refractivity contribution in [3.8, 4) is 0 Å². The second-order valence-corrected chi connectivity index (χ2v) is 8.62. The molecule has 31 heavy (non-hydrogen) atoms. The highest BCUT2D eigenvalue weighted by Gasteiger charge is 2.11. The Morgan fingerprint density at radius 3 is 2.26 bits per heavy atom. The van der Waals surface area contributed by atoms with Crippen molar-refractivity contribution in [3.05, 3.63) is 86.7 Å². The molecule has 2 amide bonds. The van der Waals surface area contributed by atoms with E-state index in [4.69, 9.17) is 23.2 Å².